The summed E-state index contributed by atoms with van der Waals surface area (Å²) in [5.41, 5.74) is 4.42. The fourth-order valence-corrected chi connectivity index (χ4v) is 3.95. The molecule has 5 heteroatoms. The van der Waals surface area contributed by atoms with Crippen LogP contribution >= 0.6 is 0 Å². The van der Waals surface area contributed by atoms with Crippen molar-refractivity contribution in [3.05, 3.63) is 111 Å². The van der Waals surface area contributed by atoms with Crippen LogP contribution in [0.5, 0.6) is 5.75 Å². The smallest absolute Gasteiger partial charge is 0.288 e. The number of amides is 1. The van der Waals surface area contributed by atoms with Gasteiger partial charge in [-0.15, -0.1) is 0 Å². The molecule has 5 nitrogen and oxygen atoms in total. The number of rotatable bonds is 4. The van der Waals surface area contributed by atoms with Crippen molar-refractivity contribution in [3.63, 3.8) is 0 Å². The third-order valence-electron chi connectivity index (χ3n) is 5.85. The van der Waals surface area contributed by atoms with Crippen LogP contribution < -0.4 is 15.5 Å². The Kier molecular flexibility index (Phi) is 4.59. The maximum Gasteiger partial charge on any atom is 0.288 e. The van der Waals surface area contributed by atoms with E-state index in [-0.39, 0.29) is 17.1 Å². The fourth-order valence-electron chi connectivity index (χ4n) is 3.95. The molecule has 154 valence electrons. The molecule has 5 rings (SSSR count). The minimum absolute atomic E-state index is 0.0978. The molecular weight excluding hydrogens is 390 g/mol. The highest BCUT2D eigenvalue weighted by Crippen LogP contribution is 2.33. The molecule has 31 heavy (non-hydrogen) atoms. The van der Waals surface area contributed by atoms with E-state index in [9.17, 15) is 9.59 Å². The summed E-state index contributed by atoms with van der Waals surface area (Å²) < 4.78 is 11.8. The number of hydrogen-bond acceptors (Lipinski definition) is 4. The highest BCUT2D eigenvalue weighted by molar-refractivity contribution is 5.99. The minimum Gasteiger partial charge on any atom is -0.489 e. The molecule has 1 unspecified atom stereocenters. The van der Waals surface area contributed by atoms with Gasteiger partial charge >= 0.3 is 0 Å². The van der Waals surface area contributed by atoms with Crippen LogP contribution in [-0.4, -0.2) is 5.91 Å². The second kappa shape index (κ2) is 7.43. The Bertz CT molecular complexity index is 1350. The molecule has 2 heterocycles. The Labute approximate surface area is 179 Å². The quantitative estimate of drug-likeness (QED) is 0.523. The molecule has 0 bridgehead atoms. The molecule has 1 atom stereocenters. The Morgan fingerprint density at radius 1 is 0.935 bits per heavy atom. The summed E-state index contributed by atoms with van der Waals surface area (Å²) in [7, 11) is 0. The van der Waals surface area contributed by atoms with Crippen molar-refractivity contribution >= 4 is 16.9 Å². The van der Waals surface area contributed by atoms with E-state index in [1.54, 1.807) is 6.07 Å². The van der Waals surface area contributed by atoms with Gasteiger partial charge in [-0.2, -0.15) is 0 Å². The van der Waals surface area contributed by atoms with E-state index in [4.69, 9.17) is 9.15 Å². The first kappa shape index (κ1) is 19.1. The van der Waals surface area contributed by atoms with Gasteiger partial charge in [0.2, 0.25) is 5.76 Å². The number of nitrogens with one attached hydrogen (secondary N) is 1. The van der Waals surface area contributed by atoms with Gasteiger partial charge in [0, 0.05) is 0 Å². The van der Waals surface area contributed by atoms with E-state index >= 15 is 0 Å². The average molecular weight is 411 g/mol. The lowest BCUT2D eigenvalue weighted by Crippen LogP contribution is -2.21. The van der Waals surface area contributed by atoms with Gasteiger partial charge in [-0.1, -0.05) is 48.5 Å². The topological polar surface area (TPSA) is 68.5 Å². The summed E-state index contributed by atoms with van der Waals surface area (Å²) in [6, 6.07) is 20.5. The van der Waals surface area contributed by atoms with Crippen molar-refractivity contribution in [2.24, 2.45) is 0 Å². The van der Waals surface area contributed by atoms with Crippen LogP contribution in [0.4, 0.5) is 0 Å². The molecule has 0 spiro atoms. The van der Waals surface area contributed by atoms with Crippen LogP contribution in [0.25, 0.3) is 11.0 Å². The maximum absolute atomic E-state index is 13.3. The van der Waals surface area contributed by atoms with Crippen LogP contribution in [-0.2, 0) is 6.61 Å². The standard InChI is InChI=1S/C26H21NO4/c1-15-8-13-20-23(28)21-22(27-26(29)25(21)31-24(20)16(15)2)18-9-11-19(12-10-18)30-14-17-6-4-3-5-7-17/h3-13,22H,14H2,1-2H3,(H,27,29). The van der Waals surface area contributed by atoms with E-state index in [0.717, 1.165) is 22.3 Å². The van der Waals surface area contributed by atoms with Crippen molar-refractivity contribution in [2.45, 2.75) is 26.5 Å². The lowest BCUT2D eigenvalue weighted by molar-refractivity contribution is 0.0938. The number of hydrogen-bond donors (Lipinski definition) is 1. The molecule has 0 saturated carbocycles. The van der Waals surface area contributed by atoms with E-state index in [1.807, 2.05) is 74.5 Å². The van der Waals surface area contributed by atoms with Gasteiger partial charge in [0.25, 0.3) is 5.91 Å². The number of carbonyl (C=O) groups excluding carboxylic acids is 1. The molecule has 0 radical (unpaired) electrons. The summed E-state index contributed by atoms with van der Waals surface area (Å²) in [6.07, 6.45) is 0. The number of carbonyl (C=O) groups is 1. The lowest BCUT2D eigenvalue weighted by atomic mass is 9.98. The minimum atomic E-state index is -0.548. The highest BCUT2D eigenvalue weighted by Gasteiger charge is 2.36. The van der Waals surface area contributed by atoms with Gasteiger partial charge in [0.15, 0.2) is 5.43 Å². The zero-order valence-corrected chi connectivity index (χ0v) is 17.3. The van der Waals surface area contributed by atoms with Gasteiger partial charge in [0.05, 0.1) is 17.0 Å². The van der Waals surface area contributed by atoms with Crippen LogP contribution in [0, 0.1) is 13.8 Å². The average Bonchev–Trinajstić information content (AvgIpc) is 3.13. The largest absolute Gasteiger partial charge is 0.489 e. The van der Waals surface area contributed by atoms with Crippen LogP contribution in [0.1, 0.15) is 44.4 Å². The Hall–Kier alpha value is -3.86. The predicted octanol–water partition coefficient (Wildman–Crippen LogP) is 4.82. The summed E-state index contributed by atoms with van der Waals surface area (Å²) in [4.78, 5) is 25.9. The zero-order chi connectivity index (χ0) is 21.5. The zero-order valence-electron chi connectivity index (χ0n) is 17.3. The monoisotopic (exact) mass is 411 g/mol. The van der Waals surface area contributed by atoms with Gasteiger partial charge in [-0.25, -0.2) is 0 Å². The summed E-state index contributed by atoms with van der Waals surface area (Å²) in [6.45, 7) is 4.31. The van der Waals surface area contributed by atoms with Crippen molar-refractivity contribution in [2.75, 3.05) is 0 Å². The van der Waals surface area contributed by atoms with E-state index in [2.05, 4.69) is 5.32 Å². The Morgan fingerprint density at radius 3 is 2.42 bits per heavy atom. The third-order valence-corrected chi connectivity index (χ3v) is 5.85. The van der Waals surface area contributed by atoms with E-state index < -0.39 is 6.04 Å². The summed E-state index contributed by atoms with van der Waals surface area (Å²) in [5.74, 6) is 0.443. The SMILES string of the molecule is Cc1ccc2c(=O)c3c(oc2c1C)C(=O)NC3c1ccc(OCc2ccccc2)cc1. The fraction of sp³-hybridized carbons (Fsp3) is 0.154. The molecule has 1 amide bonds. The first-order valence-corrected chi connectivity index (χ1v) is 10.2. The molecular formula is C26H21NO4. The Balaban J connectivity index is 1.48. The number of fused-ring (bicyclic) bond motifs is 2. The predicted molar refractivity (Wildman–Crippen MR) is 118 cm³/mol. The number of ether oxygens (including phenoxy) is 1. The molecule has 4 aromatic rings. The third kappa shape index (κ3) is 3.28. The Morgan fingerprint density at radius 2 is 1.68 bits per heavy atom. The van der Waals surface area contributed by atoms with E-state index in [1.165, 1.54) is 0 Å². The van der Waals surface area contributed by atoms with Crippen LogP contribution in [0.3, 0.4) is 0 Å². The number of aryl methyl sites for hydroxylation is 2. The number of benzene rings is 3. The van der Waals surface area contributed by atoms with Crippen molar-refractivity contribution < 1.29 is 13.9 Å². The maximum atomic E-state index is 13.3. The van der Waals surface area contributed by atoms with Gasteiger partial charge in [-0.05, 0) is 54.3 Å². The highest BCUT2D eigenvalue weighted by atomic mass is 16.5. The molecule has 0 saturated heterocycles. The lowest BCUT2D eigenvalue weighted by Gasteiger charge is -2.13. The van der Waals surface area contributed by atoms with E-state index in [0.29, 0.717) is 28.9 Å². The first-order valence-electron chi connectivity index (χ1n) is 10.2. The molecule has 3 aromatic carbocycles. The molecule has 1 aromatic heterocycles. The van der Waals surface area contributed by atoms with Gasteiger partial charge in [0.1, 0.15) is 17.9 Å². The molecule has 1 N–H and O–H groups in total. The molecule has 0 aliphatic carbocycles. The summed E-state index contributed by atoms with van der Waals surface area (Å²) in [5, 5.41) is 3.38. The first-order chi connectivity index (χ1) is 15.0. The van der Waals surface area contributed by atoms with Crippen molar-refractivity contribution in [1.82, 2.24) is 5.32 Å². The van der Waals surface area contributed by atoms with Crippen LogP contribution in [0.2, 0.25) is 0 Å². The van der Waals surface area contributed by atoms with Crippen molar-refractivity contribution in [3.8, 4) is 5.75 Å². The normalized spacial score (nSPS) is 15.0. The van der Waals surface area contributed by atoms with Gasteiger partial charge in [-0.3, -0.25) is 9.59 Å². The molecule has 1 aliphatic rings. The molecule has 1 aliphatic heterocycles. The summed E-state index contributed by atoms with van der Waals surface area (Å²) >= 11 is 0. The second-order valence-corrected chi connectivity index (χ2v) is 7.81. The van der Waals surface area contributed by atoms with Gasteiger partial charge < -0.3 is 14.5 Å². The van der Waals surface area contributed by atoms with Crippen LogP contribution in [0.15, 0.2) is 75.9 Å². The second-order valence-electron chi connectivity index (χ2n) is 7.81. The van der Waals surface area contributed by atoms with Crippen molar-refractivity contribution in [1.29, 1.82) is 0 Å². The molecule has 0 fully saturated rings.